The highest BCUT2D eigenvalue weighted by Crippen LogP contribution is 2.47. The third-order valence-corrected chi connectivity index (χ3v) is 6.82. The van der Waals surface area contributed by atoms with Gasteiger partial charge in [-0.2, -0.15) is 13.2 Å². The minimum atomic E-state index is -4.76. The topological polar surface area (TPSA) is 81.7 Å². The Morgan fingerprint density at radius 2 is 1.55 bits per heavy atom. The van der Waals surface area contributed by atoms with E-state index in [-0.39, 0.29) is 59.9 Å². The van der Waals surface area contributed by atoms with Crippen LogP contribution in [0, 0.1) is 5.92 Å². The van der Waals surface area contributed by atoms with Gasteiger partial charge in [0.2, 0.25) is 0 Å². The first kappa shape index (κ1) is 27.2. The molecular weight excluding hydrogens is 499 g/mol. The number of carbonyl (C=O) groups excluding carboxylic acids is 3. The van der Waals surface area contributed by atoms with Crippen LogP contribution >= 0.6 is 0 Å². The lowest BCUT2D eigenvalue weighted by Gasteiger charge is -2.38. The summed E-state index contributed by atoms with van der Waals surface area (Å²) in [4.78, 5) is 40.0. The number of hydrogen-bond acceptors (Lipinski definition) is 6. The molecule has 6 nitrogen and oxygen atoms in total. The fourth-order valence-corrected chi connectivity index (χ4v) is 5.23. The molecule has 2 aromatic rings. The molecule has 0 radical (unpaired) electrons. The molecule has 1 heterocycles. The molecule has 9 heteroatoms. The number of fused-ring (bicyclic) bond motifs is 1. The molecule has 2 aliphatic rings. The van der Waals surface area contributed by atoms with Crippen LogP contribution in [0.3, 0.4) is 0 Å². The summed E-state index contributed by atoms with van der Waals surface area (Å²) >= 11 is 0. The van der Waals surface area contributed by atoms with Gasteiger partial charge in [-0.3, -0.25) is 9.59 Å². The molecule has 0 aromatic heterocycles. The van der Waals surface area contributed by atoms with Gasteiger partial charge in [0.05, 0.1) is 24.4 Å². The van der Waals surface area contributed by atoms with Crippen molar-refractivity contribution in [1.29, 1.82) is 0 Å². The molecule has 2 aromatic carbocycles. The van der Waals surface area contributed by atoms with Gasteiger partial charge in [0.25, 0.3) is 0 Å². The molecule has 2 atom stereocenters. The molecule has 0 saturated carbocycles. The maximum absolute atomic E-state index is 14.2. The summed E-state index contributed by atoms with van der Waals surface area (Å²) in [6.45, 7) is 4.63. The summed E-state index contributed by atoms with van der Waals surface area (Å²) in [5.41, 5.74) is 0.987. The fourth-order valence-electron chi connectivity index (χ4n) is 5.23. The van der Waals surface area contributed by atoms with Crippen molar-refractivity contribution < 1.29 is 37.0 Å². The molecule has 38 heavy (non-hydrogen) atoms. The van der Waals surface area contributed by atoms with Crippen LogP contribution in [0.15, 0.2) is 71.1 Å². The number of nitrogens with one attached hydrogen (secondary N) is 1. The van der Waals surface area contributed by atoms with E-state index in [2.05, 4.69) is 5.32 Å². The minimum Gasteiger partial charge on any atom is -0.465 e. The number of rotatable bonds is 5. The molecule has 1 N–H and O–H groups in total. The lowest BCUT2D eigenvalue weighted by molar-refractivity contribution is -0.149. The van der Waals surface area contributed by atoms with Crippen LogP contribution < -0.4 is 5.32 Å². The maximum Gasteiger partial charge on any atom is 0.416 e. The zero-order valence-electron chi connectivity index (χ0n) is 21.3. The molecule has 0 saturated heterocycles. The van der Waals surface area contributed by atoms with Gasteiger partial charge in [-0.15, -0.1) is 0 Å². The number of esters is 2. The number of ketones is 1. The Morgan fingerprint density at radius 1 is 0.947 bits per heavy atom. The van der Waals surface area contributed by atoms with E-state index in [1.807, 2.05) is 24.3 Å². The van der Waals surface area contributed by atoms with Crippen molar-refractivity contribution in [2.24, 2.45) is 5.92 Å². The third kappa shape index (κ3) is 5.10. The Kier molecular flexibility index (Phi) is 7.76. The summed E-state index contributed by atoms with van der Waals surface area (Å²) < 4.78 is 53.1. The number of benzene rings is 2. The minimum absolute atomic E-state index is 0.0173. The molecule has 0 fully saturated rings. The second-order valence-corrected chi connectivity index (χ2v) is 9.11. The normalized spacial score (nSPS) is 21.5. The van der Waals surface area contributed by atoms with Crippen molar-refractivity contribution in [3.05, 3.63) is 93.3 Å². The largest absolute Gasteiger partial charge is 0.465 e. The average Bonchev–Trinajstić information content (AvgIpc) is 2.87. The molecule has 0 unspecified atom stereocenters. The lowest BCUT2D eigenvalue weighted by atomic mass is 9.71. The van der Waals surface area contributed by atoms with Crippen LogP contribution in [-0.2, 0) is 42.9 Å². The number of Topliss-reactive ketones (excluding diaryl/α,β-unsaturated/α-hetero) is 1. The fraction of sp³-hybridized carbons (Fsp3) is 0.345. The Bertz CT molecular complexity index is 1340. The summed E-state index contributed by atoms with van der Waals surface area (Å²) in [7, 11) is 0. The van der Waals surface area contributed by atoms with E-state index < -0.39 is 35.5 Å². The van der Waals surface area contributed by atoms with Crippen molar-refractivity contribution in [2.75, 3.05) is 13.2 Å². The molecular formula is C29H28F3NO5. The Balaban J connectivity index is 2.02. The number of alkyl halides is 3. The van der Waals surface area contributed by atoms with E-state index in [1.54, 1.807) is 13.8 Å². The second-order valence-electron chi connectivity index (χ2n) is 9.11. The Hall–Kier alpha value is -3.88. The zero-order valence-corrected chi connectivity index (χ0v) is 21.3. The number of carbonyl (C=O) groups is 3. The van der Waals surface area contributed by atoms with Gasteiger partial charge in [-0.25, -0.2) is 4.79 Å². The zero-order chi connectivity index (χ0) is 27.6. The van der Waals surface area contributed by atoms with Crippen LogP contribution in [0.1, 0.15) is 48.9 Å². The lowest BCUT2D eigenvalue weighted by Crippen LogP contribution is -2.42. The van der Waals surface area contributed by atoms with Crippen molar-refractivity contribution in [3.8, 4) is 0 Å². The summed E-state index contributed by atoms with van der Waals surface area (Å²) in [6, 6.07) is 12.2. The number of allylic oxidation sites excluding steroid dienone is 2. The summed E-state index contributed by atoms with van der Waals surface area (Å²) in [5.74, 6) is -4.76. The molecule has 0 bridgehead atoms. The van der Waals surface area contributed by atoms with Crippen molar-refractivity contribution in [3.63, 3.8) is 0 Å². The van der Waals surface area contributed by atoms with E-state index in [0.29, 0.717) is 0 Å². The van der Waals surface area contributed by atoms with Gasteiger partial charge < -0.3 is 14.8 Å². The number of hydrogen-bond donors (Lipinski definition) is 1. The van der Waals surface area contributed by atoms with Crippen LogP contribution in [0.4, 0.5) is 13.2 Å². The molecule has 1 aliphatic carbocycles. The predicted molar refractivity (Wildman–Crippen MR) is 133 cm³/mol. The highest BCUT2D eigenvalue weighted by molar-refractivity contribution is 6.01. The third-order valence-electron chi connectivity index (χ3n) is 6.82. The van der Waals surface area contributed by atoms with Gasteiger partial charge >= 0.3 is 18.1 Å². The first-order valence-electron chi connectivity index (χ1n) is 12.4. The first-order chi connectivity index (χ1) is 18.1. The molecule has 0 amide bonds. The van der Waals surface area contributed by atoms with E-state index in [4.69, 9.17) is 9.47 Å². The Morgan fingerprint density at radius 3 is 2.18 bits per heavy atom. The van der Waals surface area contributed by atoms with Gasteiger partial charge in [0.15, 0.2) is 5.78 Å². The van der Waals surface area contributed by atoms with E-state index in [1.165, 1.54) is 25.1 Å². The number of ether oxygens (including phenoxy) is 2. The highest BCUT2D eigenvalue weighted by Gasteiger charge is 2.48. The monoisotopic (exact) mass is 527 g/mol. The second kappa shape index (κ2) is 10.8. The van der Waals surface area contributed by atoms with Crippen LogP contribution in [0.2, 0.25) is 0 Å². The Labute approximate surface area is 218 Å². The number of halogens is 3. The van der Waals surface area contributed by atoms with Gasteiger partial charge in [-0.05, 0) is 43.5 Å². The van der Waals surface area contributed by atoms with E-state index in [9.17, 15) is 27.6 Å². The average molecular weight is 528 g/mol. The quantitative estimate of drug-likeness (QED) is 0.434. The van der Waals surface area contributed by atoms with Crippen molar-refractivity contribution >= 4 is 17.7 Å². The molecule has 1 aliphatic heterocycles. The first-order valence-corrected chi connectivity index (χ1v) is 12.4. The van der Waals surface area contributed by atoms with Gasteiger partial charge in [0.1, 0.15) is 5.92 Å². The standard InChI is InChI=1S/C29H28F3NO5/c1-4-37-27(35)23-16(3)33-26(20-14-17-10-6-7-11-18(17)15-22(20)34)25(28(36)38-5-2)24(23)19-12-8-9-13-21(19)29(30,31)32/h6-13,24-25,33H,4-5,14-15H2,1-3H3/t24-,25+/m0/s1. The molecule has 200 valence electrons. The van der Waals surface area contributed by atoms with Crippen LogP contribution in [0.25, 0.3) is 0 Å². The maximum atomic E-state index is 14.2. The summed E-state index contributed by atoms with van der Waals surface area (Å²) in [6.07, 6.45) is -4.49. The molecule has 4 rings (SSSR count). The van der Waals surface area contributed by atoms with Gasteiger partial charge in [0, 0.05) is 35.7 Å². The smallest absolute Gasteiger partial charge is 0.416 e. The van der Waals surface area contributed by atoms with E-state index >= 15 is 0 Å². The predicted octanol–water partition coefficient (Wildman–Crippen LogP) is 5.03. The van der Waals surface area contributed by atoms with Crippen molar-refractivity contribution in [2.45, 2.75) is 45.7 Å². The molecule has 0 spiro atoms. The van der Waals surface area contributed by atoms with E-state index in [0.717, 1.165) is 17.2 Å². The summed E-state index contributed by atoms with van der Waals surface area (Å²) in [5, 5.41) is 3.04. The van der Waals surface area contributed by atoms with Crippen LogP contribution in [-0.4, -0.2) is 30.9 Å². The van der Waals surface area contributed by atoms with Crippen LogP contribution in [0.5, 0.6) is 0 Å². The van der Waals surface area contributed by atoms with Crippen molar-refractivity contribution in [1.82, 2.24) is 5.32 Å². The van der Waals surface area contributed by atoms with Gasteiger partial charge in [-0.1, -0.05) is 42.5 Å². The highest BCUT2D eigenvalue weighted by atomic mass is 19.4. The SMILES string of the molecule is CCOC(=O)C1=C(C)NC(=C2Cc3ccccc3CC2=O)[C@H](C(=O)OCC)[C@H]1c1ccccc1C(F)(F)F.